The number of amides is 1. The molecule has 6 N–H and O–H groups in total. The van der Waals surface area contributed by atoms with Gasteiger partial charge in [0.25, 0.3) is 0 Å². The van der Waals surface area contributed by atoms with Crippen molar-refractivity contribution in [2.75, 3.05) is 6.61 Å². The Bertz CT molecular complexity index is 358. The lowest BCUT2D eigenvalue weighted by molar-refractivity contribution is -0.141. The second-order valence-electron chi connectivity index (χ2n) is 4.27. The largest absolute Gasteiger partial charge is 0.481 e. The van der Waals surface area contributed by atoms with Gasteiger partial charge in [-0.2, -0.15) is 0 Å². The Morgan fingerprint density at radius 3 is 2.00 bits per heavy atom. The topological polar surface area (TPSA) is 164 Å². The fourth-order valence-electron chi connectivity index (χ4n) is 1.49. The molecule has 0 aliphatic rings. The van der Waals surface area contributed by atoms with E-state index < -0.39 is 61.5 Å². The van der Waals surface area contributed by atoms with Crippen LogP contribution in [0.2, 0.25) is 0 Å². The second kappa shape index (κ2) is 8.59. The Kier molecular flexibility index (Phi) is 7.92. The number of hydrogen-bond acceptors (Lipinski definition) is 7. The molecule has 0 radical (unpaired) electrons. The van der Waals surface area contributed by atoms with Gasteiger partial charge in [0, 0.05) is 13.3 Å². The van der Waals surface area contributed by atoms with Crippen LogP contribution in [0, 0.1) is 0 Å². The molecule has 0 aromatic carbocycles. The van der Waals surface area contributed by atoms with E-state index in [1.807, 2.05) is 0 Å². The zero-order valence-electron chi connectivity index (χ0n) is 10.9. The third-order valence-corrected chi connectivity index (χ3v) is 2.56. The highest BCUT2D eigenvalue weighted by atomic mass is 16.4. The van der Waals surface area contributed by atoms with Crippen LogP contribution in [0.5, 0.6) is 0 Å². The first kappa shape index (κ1) is 18.4. The van der Waals surface area contributed by atoms with Crippen molar-refractivity contribution >= 4 is 17.7 Å². The predicted octanol–water partition coefficient (Wildman–Crippen LogP) is -3.00. The van der Waals surface area contributed by atoms with Crippen LogP contribution < -0.4 is 5.32 Å². The summed E-state index contributed by atoms with van der Waals surface area (Å²) in [7, 11) is 0. The Morgan fingerprint density at radius 1 is 1.05 bits per heavy atom. The highest BCUT2D eigenvalue weighted by Crippen LogP contribution is 2.09. The number of nitrogens with one attached hydrogen (secondary N) is 1. The number of carbonyl (C=O) groups is 3. The summed E-state index contributed by atoms with van der Waals surface area (Å²) in [6, 6.07) is -1.57. The number of aliphatic hydroxyl groups excluding tert-OH is 4. The Morgan fingerprint density at radius 2 is 1.60 bits per heavy atom. The van der Waals surface area contributed by atoms with Crippen molar-refractivity contribution in [3.8, 4) is 0 Å². The van der Waals surface area contributed by atoms with Crippen molar-refractivity contribution < 1.29 is 39.9 Å². The van der Waals surface area contributed by atoms with Crippen molar-refractivity contribution in [3.05, 3.63) is 0 Å². The molecule has 0 rings (SSSR count). The van der Waals surface area contributed by atoms with Gasteiger partial charge in [-0.05, 0) is 0 Å². The number of hydrogen-bond donors (Lipinski definition) is 6. The van der Waals surface area contributed by atoms with E-state index in [0.29, 0.717) is 0 Å². The minimum Gasteiger partial charge on any atom is -0.481 e. The van der Waals surface area contributed by atoms with Crippen LogP contribution in [0.3, 0.4) is 0 Å². The minimum absolute atomic E-state index is 0.459. The molecule has 0 aromatic rings. The number of ketones is 1. The Labute approximate surface area is 114 Å². The molecule has 0 saturated heterocycles. The van der Waals surface area contributed by atoms with Crippen LogP contribution in [0.15, 0.2) is 0 Å². The molecule has 116 valence electrons. The van der Waals surface area contributed by atoms with Crippen molar-refractivity contribution in [2.24, 2.45) is 0 Å². The van der Waals surface area contributed by atoms with E-state index in [1.54, 1.807) is 0 Å². The summed E-state index contributed by atoms with van der Waals surface area (Å²) in [4.78, 5) is 33.1. The Hall–Kier alpha value is -1.55. The number of Topliss-reactive ketones (excluding diaryl/α,β-unsaturated/α-hetero) is 1. The standard InChI is InChI=1S/C11H19NO8/c1-5(14)12-9(6(15)2-3-8(17)18)11(20)10(19)7(16)4-13/h7,9-11,13,16,19-20H,2-4H2,1H3,(H,12,14)(H,17,18). The van der Waals surface area contributed by atoms with E-state index in [-0.39, 0.29) is 0 Å². The van der Waals surface area contributed by atoms with Crippen LogP contribution in [0.4, 0.5) is 0 Å². The number of rotatable bonds is 9. The lowest BCUT2D eigenvalue weighted by Crippen LogP contribution is -2.55. The monoisotopic (exact) mass is 293 g/mol. The predicted molar refractivity (Wildman–Crippen MR) is 64.6 cm³/mol. The summed E-state index contributed by atoms with van der Waals surface area (Å²) < 4.78 is 0. The molecule has 0 aromatic heterocycles. The smallest absolute Gasteiger partial charge is 0.303 e. The van der Waals surface area contributed by atoms with E-state index in [4.69, 9.17) is 10.2 Å². The molecule has 0 aliphatic heterocycles. The minimum atomic E-state index is -1.87. The van der Waals surface area contributed by atoms with E-state index in [2.05, 4.69) is 5.32 Å². The molecule has 0 aliphatic carbocycles. The van der Waals surface area contributed by atoms with Gasteiger partial charge in [-0.1, -0.05) is 0 Å². The number of aliphatic carboxylic acids is 1. The first-order chi connectivity index (χ1) is 9.20. The molecule has 4 unspecified atom stereocenters. The van der Waals surface area contributed by atoms with Crippen molar-refractivity contribution in [1.29, 1.82) is 0 Å². The maximum atomic E-state index is 11.7. The van der Waals surface area contributed by atoms with Crippen molar-refractivity contribution in [1.82, 2.24) is 5.32 Å². The van der Waals surface area contributed by atoms with Gasteiger partial charge in [0.05, 0.1) is 13.0 Å². The normalized spacial score (nSPS) is 16.9. The summed E-state index contributed by atoms with van der Waals surface area (Å²) in [6.45, 7) is 0.216. The molecular weight excluding hydrogens is 274 g/mol. The summed E-state index contributed by atoms with van der Waals surface area (Å²) in [5, 5.41) is 47.7. The molecule has 0 fully saturated rings. The van der Waals surface area contributed by atoms with Gasteiger partial charge in [-0.15, -0.1) is 0 Å². The quantitative estimate of drug-likeness (QED) is 0.262. The molecule has 4 atom stereocenters. The molecule has 0 spiro atoms. The Balaban J connectivity index is 4.89. The number of carboxylic acid groups (broad SMARTS) is 1. The summed E-state index contributed by atoms with van der Waals surface area (Å²) in [5.41, 5.74) is 0. The lowest BCUT2D eigenvalue weighted by Gasteiger charge is -2.28. The summed E-state index contributed by atoms with van der Waals surface area (Å²) >= 11 is 0. The molecule has 20 heavy (non-hydrogen) atoms. The fraction of sp³-hybridized carbons (Fsp3) is 0.727. The molecule has 1 amide bonds. The van der Waals surface area contributed by atoms with Crippen molar-refractivity contribution in [3.63, 3.8) is 0 Å². The van der Waals surface area contributed by atoms with E-state index in [1.165, 1.54) is 0 Å². The maximum Gasteiger partial charge on any atom is 0.303 e. The van der Waals surface area contributed by atoms with Gasteiger partial charge in [0.2, 0.25) is 5.91 Å². The fourth-order valence-corrected chi connectivity index (χ4v) is 1.49. The first-order valence-corrected chi connectivity index (χ1v) is 5.87. The zero-order valence-corrected chi connectivity index (χ0v) is 10.9. The highest BCUT2D eigenvalue weighted by Gasteiger charge is 2.35. The van der Waals surface area contributed by atoms with Gasteiger partial charge in [0.1, 0.15) is 24.4 Å². The SMILES string of the molecule is CC(=O)NC(C(=O)CCC(=O)O)C(O)C(O)C(O)CO. The van der Waals surface area contributed by atoms with Crippen LogP contribution >= 0.6 is 0 Å². The van der Waals surface area contributed by atoms with Gasteiger partial charge in [-0.25, -0.2) is 0 Å². The van der Waals surface area contributed by atoms with Gasteiger partial charge >= 0.3 is 5.97 Å². The first-order valence-electron chi connectivity index (χ1n) is 5.87. The second-order valence-corrected chi connectivity index (χ2v) is 4.27. The average molecular weight is 293 g/mol. The average Bonchev–Trinajstić information content (AvgIpc) is 2.39. The third kappa shape index (κ3) is 6.06. The van der Waals surface area contributed by atoms with Gasteiger partial charge in [0.15, 0.2) is 5.78 Å². The summed E-state index contributed by atoms with van der Waals surface area (Å²) in [5.74, 6) is -2.71. The summed E-state index contributed by atoms with van der Waals surface area (Å²) in [6.07, 6.45) is -6.40. The van der Waals surface area contributed by atoms with Crippen molar-refractivity contribution in [2.45, 2.75) is 44.1 Å². The molecule has 0 heterocycles. The highest BCUT2D eigenvalue weighted by molar-refractivity contribution is 5.90. The number of carboxylic acids is 1. The molecular formula is C11H19NO8. The molecule has 0 saturated carbocycles. The van der Waals surface area contributed by atoms with E-state index in [0.717, 1.165) is 6.92 Å². The third-order valence-electron chi connectivity index (χ3n) is 2.56. The number of carbonyl (C=O) groups excluding carboxylic acids is 2. The molecule has 0 bridgehead atoms. The molecule has 9 nitrogen and oxygen atoms in total. The van der Waals surface area contributed by atoms with Gasteiger partial charge in [-0.3, -0.25) is 14.4 Å². The maximum absolute atomic E-state index is 11.7. The van der Waals surface area contributed by atoms with Crippen LogP contribution in [-0.2, 0) is 14.4 Å². The van der Waals surface area contributed by atoms with Crippen LogP contribution in [0.25, 0.3) is 0 Å². The van der Waals surface area contributed by atoms with E-state index in [9.17, 15) is 29.7 Å². The number of aliphatic hydroxyl groups is 4. The van der Waals surface area contributed by atoms with Gasteiger partial charge < -0.3 is 30.8 Å². The van der Waals surface area contributed by atoms with E-state index >= 15 is 0 Å². The van der Waals surface area contributed by atoms with Crippen LogP contribution in [0.1, 0.15) is 19.8 Å². The lowest BCUT2D eigenvalue weighted by atomic mass is 9.95. The zero-order chi connectivity index (χ0) is 15.9. The van der Waals surface area contributed by atoms with Crippen LogP contribution in [-0.4, -0.2) is 74.2 Å². The molecule has 9 heteroatoms.